The van der Waals surface area contributed by atoms with Crippen LogP contribution >= 0.6 is 0 Å². The van der Waals surface area contributed by atoms with Gasteiger partial charge in [-0.15, -0.1) is 0 Å². The quantitative estimate of drug-likeness (QED) is 0.821. The molecule has 2 N–H and O–H groups in total. The minimum absolute atomic E-state index is 0.0392. The Kier molecular flexibility index (Phi) is 6.13. The zero-order valence-electron chi connectivity index (χ0n) is 14.0. The summed E-state index contributed by atoms with van der Waals surface area (Å²) in [5.74, 6) is -1.22. The van der Waals surface area contributed by atoms with Gasteiger partial charge in [-0.25, -0.2) is 4.79 Å². The average molecular weight is 325 g/mol. The van der Waals surface area contributed by atoms with Gasteiger partial charge in [0.1, 0.15) is 6.04 Å². The second kappa shape index (κ2) is 8.29. The Morgan fingerprint density at radius 3 is 2.29 bits per heavy atom. The van der Waals surface area contributed by atoms with E-state index in [9.17, 15) is 14.7 Å². The SMILES string of the molecule is Cc1ccccc1C(C)CC(=O)N[C@H](Cc1ccccc1)C(=O)O. The van der Waals surface area contributed by atoms with Crippen molar-refractivity contribution in [3.05, 3.63) is 71.3 Å². The van der Waals surface area contributed by atoms with Crippen molar-refractivity contribution < 1.29 is 14.7 Å². The minimum Gasteiger partial charge on any atom is -0.480 e. The van der Waals surface area contributed by atoms with Gasteiger partial charge >= 0.3 is 5.97 Å². The monoisotopic (exact) mass is 325 g/mol. The molecule has 126 valence electrons. The lowest BCUT2D eigenvalue weighted by atomic mass is 9.93. The number of hydrogen-bond donors (Lipinski definition) is 2. The highest BCUT2D eigenvalue weighted by atomic mass is 16.4. The number of carbonyl (C=O) groups excluding carboxylic acids is 1. The van der Waals surface area contributed by atoms with Crippen molar-refractivity contribution >= 4 is 11.9 Å². The molecule has 0 aliphatic carbocycles. The summed E-state index contributed by atoms with van der Waals surface area (Å²) in [6, 6.07) is 16.3. The molecule has 0 aromatic heterocycles. The van der Waals surface area contributed by atoms with Crippen LogP contribution < -0.4 is 5.32 Å². The molecule has 0 bridgehead atoms. The van der Waals surface area contributed by atoms with Gasteiger partial charge in [0.25, 0.3) is 0 Å². The third-order valence-electron chi connectivity index (χ3n) is 4.13. The van der Waals surface area contributed by atoms with Crippen LogP contribution in [-0.2, 0) is 16.0 Å². The predicted octanol–water partition coefficient (Wildman–Crippen LogP) is 3.30. The third-order valence-corrected chi connectivity index (χ3v) is 4.13. The van der Waals surface area contributed by atoms with Gasteiger partial charge in [-0.2, -0.15) is 0 Å². The molecular formula is C20H23NO3. The Hall–Kier alpha value is -2.62. The minimum atomic E-state index is -1.02. The topological polar surface area (TPSA) is 66.4 Å². The average Bonchev–Trinajstić information content (AvgIpc) is 2.55. The highest BCUT2D eigenvalue weighted by Gasteiger charge is 2.22. The van der Waals surface area contributed by atoms with Crippen LogP contribution in [0.4, 0.5) is 0 Å². The number of aryl methyl sites for hydroxylation is 1. The van der Waals surface area contributed by atoms with Crippen molar-refractivity contribution in [2.45, 2.75) is 38.6 Å². The Bertz CT molecular complexity index is 697. The van der Waals surface area contributed by atoms with E-state index in [1.165, 1.54) is 0 Å². The molecule has 2 aromatic rings. The first kappa shape index (κ1) is 17.7. The van der Waals surface area contributed by atoms with Gasteiger partial charge < -0.3 is 10.4 Å². The third kappa shape index (κ3) is 4.95. The number of hydrogen-bond acceptors (Lipinski definition) is 2. The molecule has 0 aliphatic rings. The summed E-state index contributed by atoms with van der Waals surface area (Å²) < 4.78 is 0. The molecule has 1 amide bonds. The normalized spacial score (nSPS) is 13.1. The maximum atomic E-state index is 12.3. The van der Waals surface area contributed by atoms with E-state index < -0.39 is 12.0 Å². The summed E-state index contributed by atoms with van der Waals surface area (Å²) in [5, 5.41) is 12.0. The standard InChI is InChI=1S/C20H23NO3/c1-14-8-6-7-11-17(14)15(2)12-19(22)21-18(20(23)24)13-16-9-4-3-5-10-16/h3-11,15,18H,12-13H2,1-2H3,(H,21,22)(H,23,24)/t15?,18-/m1/s1. The summed E-state index contributed by atoms with van der Waals surface area (Å²) in [5.41, 5.74) is 3.14. The van der Waals surface area contributed by atoms with Crippen molar-refractivity contribution in [1.29, 1.82) is 0 Å². The molecule has 2 aromatic carbocycles. The fourth-order valence-electron chi connectivity index (χ4n) is 2.83. The van der Waals surface area contributed by atoms with E-state index in [-0.39, 0.29) is 24.7 Å². The fourth-order valence-corrected chi connectivity index (χ4v) is 2.83. The first-order chi connectivity index (χ1) is 11.5. The van der Waals surface area contributed by atoms with E-state index in [2.05, 4.69) is 5.32 Å². The van der Waals surface area contributed by atoms with Crippen molar-refractivity contribution in [1.82, 2.24) is 5.32 Å². The molecular weight excluding hydrogens is 302 g/mol. The van der Waals surface area contributed by atoms with Crippen LogP contribution in [0.2, 0.25) is 0 Å². The Balaban J connectivity index is 1.98. The van der Waals surface area contributed by atoms with Crippen LogP contribution in [0.5, 0.6) is 0 Å². The zero-order chi connectivity index (χ0) is 17.5. The Morgan fingerprint density at radius 1 is 1.04 bits per heavy atom. The number of aliphatic carboxylic acids is 1. The van der Waals surface area contributed by atoms with Gasteiger partial charge in [0.05, 0.1) is 0 Å². The maximum Gasteiger partial charge on any atom is 0.326 e. The molecule has 0 aliphatic heterocycles. The van der Waals surface area contributed by atoms with Crippen molar-refractivity contribution in [2.75, 3.05) is 0 Å². The largest absolute Gasteiger partial charge is 0.480 e. The molecule has 2 atom stereocenters. The number of benzene rings is 2. The van der Waals surface area contributed by atoms with Gasteiger partial charge in [0, 0.05) is 12.8 Å². The summed E-state index contributed by atoms with van der Waals surface area (Å²) in [6.45, 7) is 3.99. The molecule has 2 rings (SSSR count). The number of nitrogens with one attached hydrogen (secondary N) is 1. The molecule has 0 radical (unpaired) electrons. The lowest BCUT2D eigenvalue weighted by Crippen LogP contribution is -2.42. The van der Waals surface area contributed by atoms with Crippen LogP contribution in [0.15, 0.2) is 54.6 Å². The molecule has 0 saturated carbocycles. The predicted molar refractivity (Wildman–Crippen MR) is 93.9 cm³/mol. The molecule has 24 heavy (non-hydrogen) atoms. The molecule has 0 fully saturated rings. The van der Waals surface area contributed by atoms with Gasteiger partial charge in [-0.1, -0.05) is 61.5 Å². The number of carboxylic acid groups (broad SMARTS) is 1. The number of carboxylic acids is 1. The Morgan fingerprint density at radius 2 is 1.67 bits per heavy atom. The molecule has 0 spiro atoms. The lowest BCUT2D eigenvalue weighted by Gasteiger charge is -2.18. The highest BCUT2D eigenvalue weighted by molar-refractivity contribution is 5.84. The molecule has 4 nitrogen and oxygen atoms in total. The number of amides is 1. The summed E-state index contributed by atoms with van der Waals surface area (Å²) in [6.07, 6.45) is 0.546. The second-order valence-electron chi connectivity index (χ2n) is 6.11. The van der Waals surface area contributed by atoms with Crippen molar-refractivity contribution in [2.24, 2.45) is 0 Å². The van der Waals surface area contributed by atoms with E-state index in [4.69, 9.17) is 0 Å². The highest BCUT2D eigenvalue weighted by Crippen LogP contribution is 2.22. The van der Waals surface area contributed by atoms with Crippen LogP contribution in [-0.4, -0.2) is 23.0 Å². The van der Waals surface area contributed by atoms with E-state index in [1.807, 2.05) is 68.4 Å². The Labute approximate surface area is 142 Å². The number of rotatable bonds is 7. The number of carbonyl (C=O) groups is 2. The smallest absolute Gasteiger partial charge is 0.326 e. The molecule has 0 saturated heterocycles. The fraction of sp³-hybridized carbons (Fsp3) is 0.300. The van der Waals surface area contributed by atoms with E-state index >= 15 is 0 Å². The van der Waals surface area contributed by atoms with E-state index in [0.29, 0.717) is 0 Å². The molecule has 1 unspecified atom stereocenters. The zero-order valence-corrected chi connectivity index (χ0v) is 14.0. The van der Waals surface area contributed by atoms with Crippen LogP contribution in [0.25, 0.3) is 0 Å². The van der Waals surface area contributed by atoms with Gasteiger partial charge in [0.2, 0.25) is 5.91 Å². The van der Waals surface area contributed by atoms with Gasteiger partial charge in [-0.05, 0) is 29.5 Å². The first-order valence-electron chi connectivity index (χ1n) is 8.09. The lowest BCUT2D eigenvalue weighted by molar-refractivity contribution is -0.141. The van der Waals surface area contributed by atoms with Gasteiger partial charge in [0.15, 0.2) is 0 Å². The summed E-state index contributed by atoms with van der Waals surface area (Å²) >= 11 is 0. The van der Waals surface area contributed by atoms with Crippen LogP contribution in [0.3, 0.4) is 0 Å². The second-order valence-corrected chi connectivity index (χ2v) is 6.11. The van der Waals surface area contributed by atoms with Gasteiger partial charge in [-0.3, -0.25) is 4.79 Å². The van der Waals surface area contributed by atoms with Crippen LogP contribution in [0.1, 0.15) is 36.0 Å². The summed E-state index contributed by atoms with van der Waals surface area (Å²) in [4.78, 5) is 23.7. The maximum absolute atomic E-state index is 12.3. The van der Waals surface area contributed by atoms with Crippen LogP contribution in [0, 0.1) is 6.92 Å². The van der Waals surface area contributed by atoms with E-state index in [0.717, 1.165) is 16.7 Å². The first-order valence-corrected chi connectivity index (χ1v) is 8.09. The summed E-state index contributed by atoms with van der Waals surface area (Å²) in [7, 11) is 0. The van der Waals surface area contributed by atoms with Crippen molar-refractivity contribution in [3.63, 3.8) is 0 Å². The van der Waals surface area contributed by atoms with Crippen molar-refractivity contribution in [3.8, 4) is 0 Å². The van der Waals surface area contributed by atoms with E-state index in [1.54, 1.807) is 0 Å². The molecule has 0 heterocycles. The molecule has 4 heteroatoms.